The summed E-state index contributed by atoms with van der Waals surface area (Å²) in [7, 11) is 1.60. The van der Waals surface area contributed by atoms with Gasteiger partial charge in [0.05, 0.1) is 13.7 Å². The van der Waals surface area contributed by atoms with Crippen molar-refractivity contribution in [1.29, 1.82) is 0 Å². The highest BCUT2D eigenvalue weighted by atomic mass is 16.5. The largest absolute Gasteiger partial charge is 0.497 e. The molecule has 2 heterocycles. The van der Waals surface area contributed by atoms with Gasteiger partial charge in [0.15, 0.2) is 5.82 Å². The number of aryl methyl sites for hydroxylation is 2. The summed E-state index contributed by atoms with van der Waals surface area (Å²) in [6, 6.07) is 16.6. The lowest BCUT2D eigenvalue weighted by Gasteiger charge is -2.22. The number of ether oxygens (including phenoxy) is 1. The zero-order valence-corrected chi connectivity index (χ0v) is 16.5. The molecule has 0 saturated heterocycles. The van der Waals surface area contributed by atoms with Crippen molar-refractivity contribution in [2.24, 2.45) is 0 Å². The molecule has 1 aromatic heterocycles. The van der Waals surface area contributed by atoms with Gasteiger partial charge in [-0.15, -0.1) is 0 Å². The molecule has 1 aliphatic rings. The van der Waals surface area contributed by atoms with Crippen LogP contribution in [0.15, 0.2) is 54.6 Å². The first-order valence-electron chi connectivity index (χ1n) is 9.93. The van der Waals surface area contributed by atoms with Gasteiger partial charge in [0.1, 0.15) is 11.6 Å². The lowest BCUT2D eigenvalue weighted by Crippen LogP contribution is -2.35. The van der Waals surface area contributed by atoms with Gasteiger partial charge in [-0.1, -0.05) is 30.7 Å². The van der Waals surface area contributed by atoms with Crippen molar-refractivity contribution in [1.82, 2.24) is 14.8 Å². The van der Waals surface area contributed by atoms with Gasteiger partial charge in [-0.2, -0.15) is 5.10 Å². The molecule has 0 fully saturated rings. The molecule has 0 unspecified atom stereocenters. The number of para-hydroxylation sites is 1. The standard InChI is InChI=1S/C22H25N5O2/c1-29-19-12-8-9-17(15-19)23-22(28)26(18-10-4-2-5-11-18)16-20-24-21-13-6-3-7-14-27(21)25-20/h2,4-5,8-12,15H,3,6-7,13-14,16H2,1H3,(H,23,28). The van der Waals surface area contributed by atoms with Crippen LogP contribution in [0.4, 0.5) is 16.2 Å². The van der Waals surface area contributed by atoms with Crippen molar-refractivity contribution in [3.63, 3.8) is 0 Å². The lowest BCUT2D eigenvalue weighted by molar-refractivity contribution is 0.256. The fraction of sp³-hybridized carbons (Fsp3) is 0.318. The Hall–Kier alpha value is -3.35. The van der Waals surface area contributed by atoms with Crippen molar-refractivity contribution in [2.75, 3.05) is 17.3 Å². The number of carbonyl (C=O) groups excluding carboxylic acids is 1. The molecule has 2 aromatic carbocycles. The Morgan fingerprint density at radius 2 is 2.00 bits per heavy atom. The van der Waals surface area contributed by atoms with E-state index in [1.807, 2.05) is 53.2 Å². The van der Waals surface area contributed by atoms with Crippen LogP contribution < -0.4 is 15.0 Å². The van der Waals surface area contributed by atoms with Gasteiger partial charge in [-0.05, 0) is 37.1 Å². The Bertz CT molecular complexity index is 947. The molecule has 150 valence electrons. The lowest BCUT2D eigenvalue weighted by atomic mass is 10.2. The normalized spacial score (nSPS) is 13.3. The third-order valence-electron chi connectivity index (χ3n) is 5.00. The van der Waals surface area contributed by atoms with Crippen LogP contribution in [0.3, 0.4) is 0 Å². The van der Waals surface area contributed by atoms with Crippen LogP contribution in [0.25, 0.3) is 0 Å². The van der Waals surface area contributed by atoms with Crippen LogP contribution in [0.2, 0.25) is 0 Å². The highest BCUT2D eigenvalue weighted by Crippen LogP contribution is 2.21. The van der Waals surface area contributed by atoms with Gasteiger partial charge in [-0.25, -0.2) is 14.5 Å². The van der Waals surface area contributed by atoms with Crippen LogP contribution >= 0.6 is 0 Å². The molecule has 2 amide bonds. The second kappa shape index (κ2) is 8.77. The minimum Gasteiger partial charge on any atom is -0.497 e. The van der Waals surface area contributed by atoms with Crippen molar-refractivity contribution >= 4 is 17.4 Å². The number of hydrogen-bond donors (Lipinski definition) is 1. The molecule has 0 saturated carbocycles. The molecule has 1 aliphatic heterocycles. The van der Waals surface area contributed by atoms with Crippen molar-refractivity contribution < 1.29 is 9.53 Å². The van der Waals surface area contributed by atoms with E-state index in [0.717, 1.165) is 37.3 Å². The number of rotatable bonds is 5. The molecule has 29 heavy (non-hydrogen) atoms. The van der Waals surface area contributed by atoms with Crippen LogP contribution in [0.5, 0.6) is 5.75 Å². The molecule has 4 rings (SSSR count). The number of methoxy groups -OCH3 is 1. The number of fused-ring (bicyclic) bond motifs is 1. The first kappa shape index (κ1) is 19.0. The summed E-state index contributed by atoms with van der Waals surface area (Å²) in [4.78, 5) is 19.5. The van der Waals surface area contributed by atoms with E-state index >= 15 is 0 Å². The first-order valence-corrected chi connectivity index (χ1v) is 9.93. The highest BCUT2D eigenvalue weighted by Gasteiger charge is 2.20. The van der Waals surface area contributed by atoms with Crippen LogP contribution in [0, 0.1) is 0 Å². The number of amides is 2. The van der Waals surface area contributed by atoms with Crippen LogP contribution in [0.1, 0.15) is 30.9 Å². The highest BCUT2D eigenvalue weighted by molar-refractivity contribution is 6.01. The first-order chi connectivity index (χ1) is 14.2. The Balaban J connectivity index is 1.57. The van der Waals surface area contributed by atoms with Crippen molar-refractivity contribution in [3.8, 4) is 5.75 Å². The molecule has 0 spiro atoms. The zero-order chi connectivity index (χ0) is 20.1. The van der Waals surface area contributed by atoms with Gasteiger partial charge < -0.3 is 10.1 Å². The summed E-state index contributed by atoms with van der Waals surface area (Å²) in [5.74, 6) is 2.36. The summed E-state index contributed by atoms with van der Waals surface area (Å²) in [5, 5.41) is 7.61. The Labute approximate surface area is 170 Å². The minimum atomic E-state index is -0.241. The maximum absolute atomic E-state index is 13.1. The number of nitrogens with one attached hydrogen (secondary N) is 1. The Morgan fingerprint density at radius 3 is 2.83 bits per heavy atom. The van der Waals surface area contributed by atoms with E-state index in [9.17, 15) is 4.79 Å². The molecule has 7 heteroatoms. The van der Waals surface area contributed by atoms with E-state index in [4.69, 9.17) is 9.72 Å². The molecule has 1 N–H and O–H groups in total. The number of anilines is 2. The van der Waals surface area contributed by atoms with Crippen molar-refractivity contribution in [2.45, 2.75) is 38.8 Å². The molecular formula is C22H25N5O2. The molecule has 0 bridgehead atoms. The summed E-state index contributed by atoms with van der Waals surface area (Å²) < 4.78 is 7.24. The number of benzene rings is 2. The predicted molar refractivity (Wildman–Crippen MR) is 112 cm³/mol. The predicted octanol–water partition coefficient (Wildman–Crippen LogP) is 4.25. The number of aromatic nitrogens is 3. The molecule has 0 atom stereocenters. The van der Waals surface area contributed by atoms with Gasteiger partial charge in [0.2, 0.25) is 0 Å². The van der Waals surface area contributed by atoms with Crippen LogP contribution in [-0.2, 0) is 19.5 Å². The van der Waals surface area contributed by atoms with E-state index in [-0.39, 0.29) is 6.03 Å². The fourth-order valence-electron chi connectivity index (χ4n) is 3.50. The molecule has 7 nitrogen and oxygen atoms in total. The second-order valence-corrected chi connectivity index (χ2v) is 7.06. The average Bonchev–Trinajstić information content (AvgIpc) is 3.01. The third-order valence-corrected chi connectivity index (χ3v) is 5.00. The molecule has 0 aliphatic carbocycles. The van der Waals surface area contributed by atoms with Gasteiger partial charge in [-0.3, -0.25) is 4.90 Å². The van der Waals surface area contributed by atoms with Crippen LogP contribution in [-0.4, -0.2) is 27.9 Å². The Morgan fingerprint density at radius 1 is 1.14 bits per heavy atom. The number of carbonyl (C=O) groups is 1. The summed E-state index contributed by atoms with van der Waals surface area (Å²) >= 11 is 0. The molecule has 0 radical (unpaired) electrons. The zero-order valence-electron chi connectivity index (χ0n) is 16.5. The smallest absolute Gasteiger partial charge is 0.326 e. The number of urea groups is 1. The number of hydrogen-bond acceptors (Lipinski definition) is 4. The third kappa shape index (κ3) is 4.56. The quantitative estimate of drug-likeness (QED) is 0.706. The van der Waals surface area contributed by atoms with E-state index < -0.39 is 0 Å². The van der Waals surface area contributed by atoms with E-state index in [0.29, 0.717) is 23.8 Å². The monoisotopic (exact) mass is 391 g/mol. The van der Waals surface area contributed by atoms with Gasteiger partial charge in [0.25, 0.3) is 0 Å². The number of nitrogens with zero attached hydrogens (tertiary/aromatic N) is 4. The van der Waals surface area contributed by atoms with E-state index in [1.54, 1.807) is 18.1 Å². The minimum absolute atomic E-state index is 0.241. The molecule has 3 aromatic rings. The fourth-order valence-corrected chi connectivity index (χ4v) is 3.50. The van der Waals surface area contributed by atoms with E-state index in [2.05, 4.69) is 10.4 Å². The van der Waals surface area contributed by atoms with Gasteiger partial charge in [0, 0.05) is 30.4 Å². The molecular weight excluding hydrogens is 366 g/mol. The van der Waals surface area contributed by atoms with Gasteiger partial charge >= 0.3 is 6.03 Å². The Kier molecular flexibility index (Phi) is 5.74. The van der Waals surface area contributed by atoms with Crippen molar-refractivity contribution in [3.05, 3.63) is 66.2 Å². The topological polar surface area (TPSA) is 72.3 Å². The summed E-state index contributed by atoms with van der Waals surface area (Å²) in [6.45, 7) is 1.20. The maximum atomic E-state index is 13.1. The van der Waals surface area contributed by atoms with E-state index in [1.165, 1.54) is 6.42 Å². The average molecular weight is 391 g/mol. The summed E-state index contributed by atoms with van der Waals surface area (Å²) in [5.41, 5.74) is 1.46. The SMILES string of the molecule is COc1cccc(NC(=O)N(Cc2nc3n(n2)CCCCC3)c2ccccc2)c1. The second-order valence-electron chi connectivity index (χ2n) is 7.06. The summed E-state index contributed by atoms with van der Waals surface area (Å²) in [6.07, 6.45) is 4.40. The maximum Gasteiger partial charge on any atom is 0.326 e.